The van der Waals surface area contributed by atoms with Crippen molar-refractivity contribution in [3.8, 4) is 0 Å². The van der Waals surface area contributed by atoms with E-state index in [0.29, 0.717) is 30.3 Å². The zero-order valence-corrected chi connectivity index (χ0v) is 11.9. The maximum Gasteiger partial charge on any atom is 0.226 e. The second-order valence-electron chi connectivity index (χ2n) is 4.98. The topological polar surface area (TPSA) is 70.8 Å². The van der Waals surface area contributed by atoms with Crippen LogP contribution in [0, 0.1) is 5.82 Å². The first-order chi connectivity index (χ1) is 10.1. The summed E-state index contributed by atoms with van der Waals surface area (Å²) in [5.74, 6) is 1.79. The minimum atomic E-state index is -0.273. The van der Waals surface area contributed by atoms with Gasteiger partial charge in [-0.25, -0.2) is 9.37 Å². The van der Waals surface area contributed by atoms with Crippen molar-refractivity contribution >= 4 is 11.0 Å². The Morgan fingerprint density at radius 2 is 2.14 bits per heavy atom. The van der Waals surface area contributed by atoms with Gasteiger partial charge in [-0.3, -0.25) is 4.90 Å². The molecule has 110 valence electrons. The minimum Gasteiger partial charge on any atom is -0.341 e. The first kappa shape index (κ1) is 13.7. The lowest BCUT2D eigenvalue weighted by Crippen LogP contribution is -2.18. The Hall–Kier alpha value is -2.28. The number of benzene rings is 1. The van der Waals surface area contributed by atoms with Crippen molar-refractivity contribution in [1.29, 1.82) is 0 Å². The summed E-state index contributed by atoms with van der Waals surface area (Å²) in [4.78, 5) is 13.8. The second kappa shape index (κ2) is 5.61. The van der Waals surface area contributed by atoms with Crippen LogP contribution in [0.4, 0.5) is 4.39 Å². The highest BCUT2D eigenvalue weighted by Crippen LogP contribution is 2.14. The van der Waals surface area contributed by atoms with Gasteiger partial charge in [0.1, 0.15) is 11.6 Å². The number of aromatic nitrogens is 4. The molecule has 1 aromatic carbocycles. The number of aromatic amines is 1. The fourth-order valence-corrected chi connectivity index (χ4v) is 2.16. The molecule has 0 aliphatic carbocycles. The lowest BCUT2D eigenvalue weighted by molar-refractivity contribution is 0.294. The largest absolute Gasteiger partial charge is 0.341 e. The molecule has 0 amide bonds. The van der Waals surface area contributed by atoms with Crippen LogP contribution < -0.4 is 0 Å². The van der Waals surface area contributed by atoms with E-state index in [1.807, 2.05) is 18.9 Å². The summed E-state index contributed by atoms with van der Waals surface area (Å²) in [6, 6.07) is 4.51. The Labute approximate surface area is 121 Å². The van der Waals surface area contributed by atoms with Crippen molar-refractivity contribution in [3.63, 3.8) is 0 Å². The number of hydrogen-bond acceptors (Lipinski definition) is 5. The first-order valence-electron chi connectivity index (χ1n) is 6.78. The third-order valence-corrected chi connectivity index (χ3v) is 3.14. The van der Waals surface area contributed by atoms with Gasteiger partial charge < -0.3 is 9.51 Å². The number of nitrogens with zero attached hydrogens (tertiary/aromatic N) is 4. The van der Waals surface area contributed by atoms with Crippen LogP contribution in [0.1, 0.15) is 24.5 Å². The van der Waals surface area contributed by atoms with Crippen LogP contribution in [0.3, 0.4) is 0 Å². The number of aryl methyl sites for hydroxylation is 1. The molecule has 3 aromatic rings. The first-order valence-corrected chi connectivity index (χ1v) is 6.78. The summed E-state index contributed by atoms with van der Waals surface area (Å²) >= 11 is 0. The van der Waals surface area contributed by atoms with Gasteiger partial charge >= 0.3 is 0 Å². The summed E-state index contributed by atoms with van der Waals surface area (Å²) in [6.07, 6.45) is 0.728. The van der Waals surface area contributed by atoms with E-state index >= 15 is 0 Å². The normalized spacial score (nSPS) is 11.6. The van der Waals surface area contributed by atoms with Crippen LogP contribution in [0.2, 0.25) is 0 Å². The van der Waals surface area contributed by atoms with Crippen LogP contribution in [-0.4, -0.2) is 32.1 Å². The highest BCUT2D eigenvalue weighted by Gasteiger charge is 2.10. The molecule has 0 aliphatic heterocycles. The Morgan fingerprint density at radius 3 is 2.90 bits per heavy atom. The standard InChI is InChI=1S/C14H16FN5O/c1-3-14-18-13(19-21-14)8-20(2)7-12-16-10-5-4-9(15)6-11(10)17-12/h4-6H,3,7-8H2,1-2H3,(H,16,17). The molecule has 0 fully saturated rings. The quantitative estimate of drug-likeness (QED) is 0.780. The molecule has 0 unspecified atom stereocenters. The molecule has 0 spiro atoms. The molecular weight excluding hydrogens is 273 g/mol. The second-order valence-corrected chi connectivity index (χ2v) is 4.98. The molecule has 0 atom stereocenters. The third-order valence-electron chi connectivity index (χ3n) is 3.14. The number of H-pyrrole nitrogens is 1. The SMILES string of the molecule is CCc1nc(CN(C)Cc2nc3ccc(F)cc3[nH]2)no1. The van der Waals surface area contributed by atoms with Crippen LogP contribution in [0.5, 0.6) is 0 Å². The number of nitrogens with one attached hydrogen (secondary N) is 1. The lowest BCUT2D eigenvalue weighted by Gasteiger charge is -2.11. The van der Waals surface area contributed by atoms with E-state index in [9.17, 15) is 4.39 Å². The van der Waals surface area contributed by atoms with Crippen molar-refractivity contribution in [2.45, 2.75) is 26.4 Å². The summed E-state index contributed by atoms with van der Waals surface area (Å²) in [5, 5.41) is 3.92. The highest BCUT2D eigenvalue weighted by molar-refractivity contribution is 5.74. The van der Waals surface area contributed by atoms with Gasteiger partial charge in [-0.2, -0.15) is 4.98 Å². The maximum absolute atomic E-state index is 13.1. The van der Waals surface area contributed by atoms with Crippen LogP contribution in [0.25, 0.3) is 11.0 Å². The molecule has 6 nitrogen and oxygen atoms in total. The molecule has 3 rings (SSSR count). The van der Waals surface area contributed by atoms with E-state index in [1.54, 1.807) is 6.07 Å². The Balaban J connectivity index is 1.69. The molecule has 0 aliphatic rings. The summed E-state index contributed by atoms with van der Waals surface area (Å²) in [6.45, 7) is 3.12. The molecule has 2 aromatic heterocycles. The van der Waals surface area contributed by atoms with Gasteiger partial charge in [-0.05, 0) is 25.2 Å². The predicted octanol–water partition coefficient (Wildman–Crippen LogP) is 2.28. The zero-order valence-electron chi connectivity index (χ0n) is 11.9. The zero-order chi connectivity index (χ0) is 14.8. The van der Waals surface area contributed by atoms with E-state index in [2.05, 4.69) is 20.1 Å². The van der Waals surface area contributed by atoms with E-state index in [0.717, 1.165) is 17.8 Å². The third kappa shape index (κ3) is 3.08. The number of hydrogen-bond donors (Lipinski definition) is 1. The highest BCUT2D eigenvalue weighted by atomic mass is 19.1. The van der Waals surface area contributed by atoms with Gasteiger partial charge in [0.05, 0.1) is 24.1 Å². The Kier molecular flexibility index (Phi) is 3.66. The monoisotopic (exact) mass is 289 g/mol. The van der Waals surface area contributed by atoms with Gasteiger partial charge in [-0.15, -0.1) is 0 Å². The van der Waals surface area contributed by atoms with Gasteiger partial charge in [-0.1, -0.05) is 12.1 Å². The van der Waals surface area contributed by atoms with Crippen LogP contribution in [0.15, 0.2) is 22.7 Å². The Bertz CT molecular complexity index is 751. The molecule has 0 saturated carbocycles. The Morgan fingerprint density at radius 1 is 1.29 bits per heavy atom. The molecule has 0 saturated heterocycles. The van der Waals surface area contributed by atoms with E-state index in [-0.39, 0.29) is 5.82 Å². The van der Waals surface area contributed by atoms with E-state index in [1.165, 1.54) is 12.1 Å². The van der Waals surface area contributed by atoms with Crippen LogP contribution in [-0.2, 0) is 19.5 Å². The number of imidazole rings is 1. The van der Waals surface area contributed by atoms with Crippen molar-refractivity contribution in [2.75, 3.05) is 7.05 Å². The van der Waals surface area contributed by atoms with E-state index in [4.69, 9.17) is 4.52 Å². The molecule has 0 bridgehead atoms. The van der Waals surface area contributed by atoms with Gasteiger partial charge in [0.25, 0.3) is 0 Å². The fraction of sp³-hybridized carbons (Fsp3) is 0.357. The number of fused-ring (bicyclic) bond motifs is 1. The summed E-state index contributed by atoms with van der Waals surface area (Å²) in [7, 11) is 1.94. The molecule has 0 radical (unpaired) electrons. The van der Waals surface area contributed by atoms with Crippen molar-refractivity contribution in [3.05, 3.63) is 41.6 Å². The van der Waals surface area contributed by atoms with Gasteiger partial charge in [0.2, 0.25) is 5.89 Å². The summed E-state index contributed by atoms with van der Waals surface area (Å²) in [5.41, 5.74) is 1.46. The van der Waals surface area contributed by atoms with Crippen molar-refractivity contribution < 1.29 is 8.91 Å². The average Bonchev–Trinajstić information content (AvgIpc) is 3.04. The van der Waals surface area contributed by atoms with Crippen molar-refractivity contribution in [1.82, 2.24) is 25.0 Å². The molecular formula is C14H16FN5O. The minimum absolute atomic E-state index is 0.273. The number of halogens is 1. The van der Waals surface area contributed by atoms with Gasteiger partial charge in [0.15, 0.2) is 5.82 Å². The smallest absolute Gasteiger partial charge is 0.226 e. The molecule has 2 heterocycles. The maximum atomic E-state index is 13.1. The molecule has 21 heavy (non-hydrogen) atoms. The molecule has 1 N–H and O–H groups in total. The van der Waals surface area contributed by atoms with Gasteiger partial charge in [0, 0.05) is 6.42 Å². The predicted molar refractivity (Wildman–Crippen MR) is 74.9 cm³/mol. The number of rotatable bonds is 5. The average molecular weight is 289 g/mol. The van der Waals surface area contributed by atoms with E-state index < -0.39 is 0 Å². The molecule has 7 heteroatoms. The van der Waals surface area contributed by atoms with Crippen LogP contribution >= 0.6 is 0 Å². The lowest BCUT2D eigenvalue weighted by atomic mass is 10.3. The van der Waals surface area contributed by atoms with Crippen molar-refractivity contribution in [2.24, 2.45) is 0 Å². The summed E-state index contributed by atoms with van der Waals surface area (Å²) < 4.78 is 18.2. The fourth-order valence-electron chi connectivity index (χ4n) is 2.16.